The standard InChI is InChI=1S/C12H14N4O2/c1-7(2)10-3-4-16(15-10)11-9(13)5-8(6-14-11)12(17)18/h3-7H,13H2,1-2H3,(H,17,18). The molecule has 0 saturated carbocycles. The summed E-state index contributed by atoms with van der Waals surface area (Å²) in [7, 11) is 0. The Morgan fingerprint density at radius 3 is 2.72 bits per heavy atom. The molecule has 0 aromatic carbocycles. The molecular formula is C12H14N4O2. The molecule has 0 atom stereocenters. The maximum absolute atomic E-state index is 10.8. The van der Waals surface area contributed by atoms with Gasteiger partial charge in [-0.05, 0) is 18.1 Å². The highest BCUT2D eigenvalue weighted by Crippen LogP contribution is 2.18. The van der Waals surface area contributed by atoms with Crippen LogP contribution in [0.3, 0.4) is 0 Å². The molecule has 0 spiro atoms. The zero-order valence-corrected chi connectivity index (χ0v) is 10.2. The van der Waals surface area contributed by atoms with Crippen molar-refractivity contribution in [3.8, 4) is 5.82 Å². The number of carbonyl (C=O) groups is 1. The molecule has 0 fully saturated rings. The Morgan fingerprint density at radius 2 is 2.22 bits per heavy atom. The highest BCUT2D eigenvalue weighted by atomic mass is 16.4. The molecule has 2 heterocycles. The van der Waals surface area contributed by atoms with Gasteiger partial charge in [0.05, 0.1) is 16.9 Å². The zero-order valence-electron chi connectivity index (χ0n) is 10.2. The van der Waals surface area contributed by atoms with Gasteiger partial charge in [-0.1, -0.05) is 13.8 Å². The first-order chi connectivity index (χ1) is 8.49. The van der Waals surface area contributed by atoms with Crippen LogP contribution in [0.15, 0.2) is 24.5 Å². The molecule has 2 rings (SSSR count). The molecule has 0 amide bonds. The van der Waals surface area contributed by atoms with Gasteiger partial charge in [0.25, 0.3) is 0 Å². The number of rotatable bonds is 3. The molecular weight excluding hydrogens is 232 g/mol. The lowest BCUT2D eigenvalue weighted by molar-refractivity contribution is 0.0696. The van der Waals surface area contributed by atoms with E-state index < -0.39 is 5.97 Å². The van der Waals surface area contributed by atoms with E-state index in [1.165, 1.54) is 12.3 Å². The summed E-state index contributed by atoms with van der Waals surface area (Å²) in [5.74, 6) is -0.304. The van der Waals surface area contributed by atoms with E-state index in [4.69, 9.17) is 10.8 Å². The Hall–Kier alpha value is -2.37. The van der Waals surface area contributed by atoms with Gasteiger partial charge >= 0.3 is 5.97 Å². The van der Waals surface area contributed by atoms with Crippen LogP contribution in [0.5, 0.6) is 0 Å². The topological polar surface area (TPSA) is 94.0 Å². The summed E-state index contributed by atoms with van der Waals surface area (Å²) in [5.41, 5.74) is 7.07. The molecule has 0 aliphatic carbocycles. The average Bonchev–Trinajstić information content (AvgIpc) is 2.78. The fraction of sp³-hybridized carbons (Fsp3) is 0.250. The van der Waals surface area contributed by atoms with Crippen LogP contribution in [0.4, 0.5) is 5.69 Å². The molecule has 6 heteroatoms. The van der Waals surface area contributed by atoms with E-state index in [1.54, 1.807) is 10.9 Å². The minimum Gasteiger partial charge on any atom is -0.478 e. The SMILES string of the molecule is CC(C)c1ccn(-c2ncc(C(=O)O)cc2N)n1. The van der Waals surface area contributed by atoms with Crippen molar-refractivity contribution in [1.82, 2.24) is 14.8 Å². The predicted molar refractivity (Wildman–Crippen MR) is 66.8 cm³/mol. The second kappa shape index (κ2) is 4.48. The molecule has 3 N–H and O–H groups in total. The first kappa shape index (κ1) is 12.1. The third kappa shape index (κ3) is 2.17. The van der Waals surface area contributed by atoms with Crippen molar-refractivity contribution in [3.05, 3.63) is 35.8 Å². The average molecular weight is 246 g/mol. The number of nitrogens with zero attached hydrogens (tertiary/aromatic N) is 3. The van der Waals surface area contributed by atoms with Crippen LogP contribution in [0.2, 0.25) is 0 Å². The monoisotopic (exact) mass is 246 g/mol. The van der Waals surface area contributed by atoms with Gasteiger partial charge in [-0.3, -0.25) is 0 Å². The van der Waals surface area contributed by atoms with Crippen molar-refractivity contribution in [2.24, 2.45) is 0 Å². The number of aromatic nitrogens is 3. The number of hydrogen-bond donors (Lipinski definition) is 2. The molecule has 0 saturated heterocycles. The van der Waals surface area contributed by atoms with Gasteiger partial charge in [0, 0.05) is 12.4 Å². The number of aromatic carboxylic acids is 1. The number of nitrogens with two attached hydrogens (primary N) is 1. The Kier molecular flexibility index (Phi) is 3.01. The van der Waals surface area contributed by atoms with Crippen molar-refractivity contribution in [3.63, 3.8) is 0 Å². The van der Waals surface area contributed by atoms with Gasteiger partial charge in [-0.25, -0.2) is 14.5 Å². The smallest absolute Gasteiger partial charge is 0.337 e. The van der Waals surface area contributed by atoms with Gasteiger partial charge in [0.1, 0.15) is 0 Å². The van der Waals surface area contributed by atoms with Crippen LogP contribution in [0, 0.1) is 0 Å². The minimum absolute atomic E-state index is 0.0625. The zero-order chi connectivity index (χ0) is 13.3. The van der Waals surface area contributed by atoms with Crippen molar-refractivity contribution in [2.75, 3.05) is 5.73 Å². The molecule has 0 unspecified atom stereocenters. The summed E-state index contributed by atoms with van der Waals surface area (Å²) in [6.07, 6.45) is 3.03. The molecule has 94 valence electrons. The summed E-state index contributed by atoms with van der Waals surface area (Å²) < 4.78 is 1.55. The van der Waals surface area contributed by atoms with Crippen molar-refractivity contribution in [1.29, 1.82) is 0 Å². The molecule has 2 aromatic rings. The highest BCUT2D eigenvalue weighted by molar-refractivity contribution is 5.88. The summed E-state index contributed by atoms with van der Waals surface area (Å²) >= 11 is 0. The molecule has 2 aromatic heterocycles. The Morgan fingerprint density at radius 1 is 1.50 bits per heavy atom. The molecule has 18 heavy (non-hydrogen) atoms. The van der Waals surface area contributed by atoms with Gasteiger partial charge in [0.2, 0.25) is 0 Å². The fourth-order valence-corrected chi connectivity index (χ4v) is 1.55. The van der Waals surface area contributed by atoms with Gasteiger partial charge < -0.3 is 10.8 Å². The van der Waals surface area contributed by atoms with E-state index in [-0.39, 0.29) is 11.3 Å². The number of carboxylic acid groups (broad SMARTS) is 1. The first-order valence-corrected chi connectivity index (χ1v) is 5.54. The lowest BCUT2D eigenvalue weighted by Crippen LogP contribution is -2.07. The minimum atomic E-state index is -1.05. The van der Waals surface area contributed by atoms with E-state index in [1.807, 2.05) is 19.9 Å². The lowest BCUT2D eigenvalue weighted by atomic mass is 10.1. The fourth-order valence-electron chi connectivity index (χ4n) is 1.55. The van der Waals surface area contributed by atoms with E-state index in [0.717, 1.165) is 5.69 Å². The van der Waals surface area contributed by atoms with Crippen LogP contribution >= 0.6 is 0 Å². The van der Waals surface area contributed by atoms with Crippen LogP contribution in [0.1, 0.15) is 35.8 Å². The largest absolute Gasteiger partial charge is 0.478 e. The molecule has 6 nitrogen and oxygen atoms in total. The molecule has 0 bridgehead atoms. The maximum atomic E-state index is 10.8. The molecule has 0 radical (unpaired) electrons. The van der Waals surface area contributed by atoms with E-state index in [0.29, 0.717) is 11.7 Å². The lowest BCUT2D eigenvalue weighted by Gasteiger charge is -2.05. The quantitative estimate of drug-likeness (QED) is 0.859. The Bertz CT molecular complexity index is 590. The molecule has 0 aliphatic rings. The highest BCUT2D eigenvalue weighted by Gasteiger charge is 2.11. The van der Waals surface area contributed by atoms with Gasteiger partial charge in [-0.2, -0.15) is 5.10 Å². The predicted octanol–water partition coefficient (Wildman–Crippen LogP) is 1.67. The Balaban J connectivity index is 2.41. The van der Waals surface area contributed by atoms with Crippen molar-refractivity contribution in [2.45, 2.75) is 19.8 Å². The summed E-state index contributed by atoms with van der Waals surface area (Å²) in [5, 5.41) is 13.2. The molecule has 0 aliphatic heterocycles. The maximum Gasteiger partial charge on any atom is 0.337 e. The third-order valence-corrected chi connectivity index (χ3v) is 2.56. The van der Waals surface area contributed by atoms with Crippen molar-refractivity contribution >= 4 is 11.7 Å². The summed E-state index contributed by atoms with van der Waals surface area (Å²) in [6, 6.07) is 3.26. The van der Waals surface area contributed by atoms with Crippen LogP contribution in [-0.4, -0.2) is 25.8 Å². The number of carboxylic acids is 1. The normalized spacial score (nSPS) is 10.8. The Labute approximate surface area is 104 Å². The second-order valence-corrected chi connectivity index (χ2v) is 4.28. The van der Waals surface area contributed by atoms with Crippen LogP contribution in [-0.2, 0) is 0 Å². The second-order valence-electron chi connectivity index (χ2n) is 4.28. The summed E-state index contributed by atoms with van der Waals surface area (Å²) in [4.78, 5) is 14.8. The summed E-state index contributed by atoms with van der Waals surface area (Å²) in [6.45, 7) is 4.08. The van der Waals surface area contributed by atoms with Crippen LogP contribution in [0.25, 0.3) is 5.82 Å². The van der Waals surface area contributed by atoms with E-state index in [2.05, 4.69) is 10.1 Å². The number of nitrogen functional groups attached to an aromatic ring is 1. The van der Waals surface area contributed by atoms with E-state index >= 15 is 0 Å². The van der Waals surface area contributed by atoms with E-state index in [9.17, 15) is 4.79 Å². The number of anilines is 1. The number of pyridine rings is 1. The number of hydrogen-bond acceptors (Lipinski definition) is 4. The third-order valence-electron chi connectivity index (χ3n) is 2.56. The van der Waals surface area contributed by atoms with Crippen molar-refractivity contribution < 1.29 is 9.90 Å². The van der Waals surface area contributed by atoms with Gasteiger partial charge in [-0.15, -0.1) is 0 Å². The van der Waals surface area contributed by atoms with Crippen LogP contribution < -0.4 is 5.73 Å². The van der Waals surface area contributed by atoms with Gasteiger partial charge in [0.15, 0.2) is 5.82 Å². The first-order valence-electron chi connectivity index (χ1n) is 5.54.